The number of anilines is 4. The van der Waals surface area contributed by atoms with Crippen LogP contribution in [0.1, 0.15) is 63.6 Å². The number of alkyl halides is 3. The molecule has 2 heterocycles. The van der Waals surface area contributed by atoms with Crippen molar-refractivity contribution in [3.63, 3.8) is 0 Å². The molecule has 12 nitrogen and oxygen atoms in total. The number of carbonyl (C=O) groups excluding carboxylic acids is 4. The molecule has 1 atom stereocenters. The number of hydrogen-bond acceptors (Lipinski definition) is 10. The maximum absolute atomic E-state index is 13.8. The summed E-state index contributed by atoms with van der Waals surface area (Å²) in [5.74, 6) is 0.154. The van der Waals surface area contributed by atoms with Crippen molar-refractivity contribution in [2.75, 3.05) is 66.3 Å². The zero-order chi connectivity index (χ0) is 42.6. The minimum absolute atomic E-state index is 0.0224. The Hall–Kier alpha value is -5.37. The third-order valence-corrected chi connectivity index (χ3v) is 11.1. The molecule has 59 heavy (non-hydrogen) atoms. The number of carbonyl (C=O) groups is 4. The van der Waals surface area contributed by atoms with Gasteiger partial charge in [-0.25, -0.2) is 0 Å². The average molecular weight is 832 g/mol. The molecule has 1 saturated carbocycles. The van der Waals surface area contributed by atoms with Gasteiger partial charge in [-0.05, 0) is 105 Å². The van der Waals surface area contributed by atoms with Gasteiger partial charge in [-0.3, -0.25) is 33.9 Å². The summed E-state index contributed by atoms with van der Waals surface area (Å²) in [5.41, 5.74) is -0.162. The first-order valence-corrected chi connectivity index (χ1v) is 20.1. The molecule has 2 saturated heterocycles. The van der Waals surface area contributed by atoms with Crippen molar-refractivity contribution in [1.29, 1.82) is 5.26 Å². The zero-order valence-electron chi connectivity index (χ0n) is 33.5. The number of Topliss-reactive ketones (excluding diaryl/α,β-unsaturated/α-hetero) is 2. The van der Waals surface area contributed by atoms with E-state index in [1.807, 2.05) is 18.2 Å². The predicted octanol–water partition coefficient (Wildman–Crippen LogP) is 6.43. The van der Waals surface area contributed by atoms with Gasteiger partial charge in [-0.1, -0.05) is 19.9 Å². The normalized spacial score (nSPS) is 19.0. The Labute approximate surface area is 347 Å². The number of benzene rings is 3. The molecule has 16 heteroatoms. The van der Waals surface area contributed by atoms with Crippen LogP contribution in [0, 0.1) is 17.2 Å². The first-order chi connectivity index (χ1) is 27.9. The summed E-state index contributed by atoms with van der Waals surface area (Å²) in [6.07, 6.45) is -3.35. The van der Waals surface area contributed by atoms with Gasteiger partial charge in [0.15, 0.2) is 10.9 Å². The number of ketones is 2. The van der Waals surface area contributed by atoms with Crippen molar-refractivity contribution in [2.45, 2.75) is 71.1 Å². The van der Waals surface area contributed by atoms with Crippen LogP contribution in [-0.2, 0) is 31.8 Å². The van der Waals surface area contributed by atoms with Gasteiger partial charge in [-0.15, -0.1) is 0 Å². The highest BCUT2D eigenvalue weighted by Crippen LogP contribution is 2.41. The largest absolute Gasteiger partial charge is 0.492 e. The third-order valence-electron chi connectivity index (χ3n) is 10.7. The molecular formula is C43H48F3N7O5S. The molecule has 312 valence electrons. The minimum atomic E-state index is -4.80. The van der Waals surface area contributed by atoms with Gasteiger partial charge >= 0.3 is 6.18 Å². The SMILES string of the molecule is CC(C)Cc1cc(N2C(=S)N(c3ccc(C#N)c(C(F)(F)F)c3)C(=O)C2(C)C)ccc1OCCN1CCN(CC(=O)Nc2cccc(NC3CCC(=O)CC3=O)c2)CC1. The van der Waals surface area contributed by atoms with Crippen molar-refractivity contribution >= 4 is 63.5 Å². The van der Waals surface area contributed by atoms with E-state index in [4.69, 9.17) is 17.0 Å². The maximum Gasteiger partial charge on any atom is 0.417 e. The maximum atomic E-state index is 13.8. The Morgan fingerprint density at radius 1 is 0.983 bits per heavy atom. The van der Waals surface area contributed by atoms with Crippen LogP contribution in [0.15, 0.2) is 60.7 Å². The summed E-state index contributed by atoms with van der Waals surface area (Å²) in [6.45, 7) is 11.7. The summed E-state index contributed by atoms with van der Waals surface area (Å²) in [6, 6.07) is 17.0. The van der Waals surface area contributed by atoms with Gasteiger partial charge in [0.1, 0.15) is 23.7 Å². The smallest absolute Gasteiger partial charge is 0.417 e. The fourth-order valence-electron chi connectivity index (χ4n) is 7.68. The summed E-state index contributed by atoms with van der Waals surface area (Å²) in [7, 11) is 0. The second-order valence-electron chi connectivity index (χ2n) is 16.1. The van der Waals surface area contributed by atoms with E-state index in [9.17, 15) is 37.6 Å². The first kappa shape index (κ1) is 43.2. The van der Waals surface area contributed by atoms with Crippen LogP contribution in [-0.4, -0.2) is 95.7 Å². The second kappa shape index (κ2) is 17.9. The Kier molecular flexibility index (Phi) is 13.1. The van der Waals surface area contributed by atoms with Crippen LogP contribution in [0.5, 0.6) is 5.75 Å². The van der Waals surface area contributed by atoms with Crippen LogP contribution >= 0.6 is 12.2 Å². The topological polar surface area (TPSA) is 138 Å². The van der Waals surface area contributed by atoms with Crippen molar-refractivity contribution in [2.24, 2.45) is 5.92 Å². The van der Waals surface area contributed by atoms with E-state index in [0.717, 1.165) is 35.7 Å². The van der Waals surface area contributed by atoms with E-state index in [1.54, 1.807) is 49.1 Å². The van der Waals surface area contributed by atoms with Gasteiger partial charge in [0.2, 0.25) is 5.91 Å². The number of rotatable bonds is 13. The Morgan fingerprint density at radius 2 is 1.68 bits per heavy atom. The highest BCUT2D eigenvalue weighted by Gasteiger charge is 2.51. The average Bonchev–Trinajstić information content (AvgIpc) is 3.35. The third kappa shape index (κ3) is 10.1. The van der Waals surface area contributed by atoms with E-state index in [1.165, 1.54) is 6.07 Å². The van der Waals surface area contributed by atoms with Crippen molar-refractivity contribution in [3.05, 3.63) is 77.4 Å². The summed E-state index contributed by atoms with van der Waals surface area (Å²) in [5, 5.41) is 15.4. The molecule has 3 aliphatic rings. The molecule has 3 aromatic rings. The fraction of sp³-hybridized carbons (Fsp3) is 0.442. The molecule has 0 aromatic heterocycles. The van der Waals surface area contributed by atoms with Gasteiger partial charge in [-0.2, -0.15) is 18.4 Å². The molecule has 3 aromatic carbocycles. The summed E-state index contributed by atoms with van der Waals surface area (Å²) in [4.78, 5) is 57.6. The van der Waals surface area contributed by atoms with Gasteiger partial charge in [0.05, 0.1) is 41.9 Å². The molecular weight excluding hydrogens is 784 g/mol. The van der Waals surface area contributed by atoms with E-state index in [0.29, 0.717) is 68.3 Å². The van der Waals surface area contributed by atoms with E-state index in [2.05, 4.69) is 34.3 Å². The fourth-order valence-corrected chi connectivity index (χ4v) is 8.20. The molecule has 3 fully saturated rings. The number of hydrogen-bond donors (Lipinski definition) is 2. The predicted molar refractivity (Wildman–Crippen MR) is 223 cm³/mol. The Balaban J connectivity index is 1.02. The summed E-state index contributed by atoms with van der Waals surface area (Å²) >= 11 is 5.76. The molecule has 2 aliphatic heterocycles. The number of nitrogens with zero attached hydrogens (tertiary/aromatic N) is 5. The molecule has 0 spiro atoms. The highest BCUT2D eigenvalue weighted by atomic mass is 32.1. The Morgan fingerprint density at radius 3 is 2.36 bits per heavy atom. The number of piperazine rings is 1. The van der Waals surface area contributed by atoms with E-state index >= 15 is 0 Å². The number of thiocarbonyl (C=S) groups is 1. The van der Waals surface area contributed by atoms with Crippen LogP contribution < -0.4 is 25.2 Å². The monoisotopic (exact) mass is 831 g/mol. The lowest BCUT2D eigenvalue weighted by Crippen LogP contribution is -2.49. The molecule has 1 unspecified atom stereocenters. The van der Waals surface area contributed by atoms with Gasteiger partial charge in [0, 0.05) is 56.2 Å². The summed E-state index contributed by atoms with van der Waals surface area (Å²) < 4.78 is 47.8. The zero-order valence-corrected chi connectivity index (χ0v) is 34.3. The molecule has 0 radical (unpaired) electrons. The molecule has 1 aliphatic carbocycles. The number of halogens is 3. The van der Waals surface area contributed by atoms with Crippen LogP contribution in [0.3, 0.4) is 0 Å². The second-order valence-corrected chi connectivity index (χ2v) is 16.4. The van der Waals surface area contributed by atoms with E-state index < -0.39 is 34.8 Å². The minimum Gasteiger partial charge on any atom is -0.492 e. The first-order valence-electron chi connectivity index (χ1n) is 19.7. The lowest BCUT2D eigenvalue weighted by atomic mass is 9.93. The Bertz CT molecular complexity index is 2160. The number of nitriles is 1. The van der Waals surface area contributed by atoms with Gasteiger partial charge in [0.25, 0.3) is 5.91 Å². The van der Waals surface area contributed by atoms with Gasteiger partial charge < -0.3 is 20.3 Å². The molecule has 6 rings (SSSR count). The molecule has 2 N–H and O–H groups in total. The number of nitrogens with one attached hydrogen (secondary N) is 2. The quantitative estimate of drug-likeness (QED) is 0.146. The number of ether oxygens (including phenoxy) is 1. The van der Waals surface area contributed by atoms with Crippen LogP contribution in [0.25, 0.3) is 0 Å². The van der Waals surface area contributed by atoms with Crippen molar-refractivity contribution in [3.8, 4) is 11.8 Å². The van der Waals surface area contributed by atoms with Crippen LogP contribution in [0.4, 0.5) is 35.9 Å². The number of amides is 2. The van der Waals surface area contributed by atoms with E-state index in [-0.39, 0.29) is 47.2 Å². The standard InChI is InChI=1S/C43H48F3N7O5S/c1-27(2)20-29-21-33(53-41(59)52(40(57)42(53,3)4)32-9-8-28(25-47)35(23-32)43(44,45)46)10-13-38(29)58-19-18-50-14-16-51(17-15-50)26-39(56)49-31-7-5-6-30(22-31)48-36-12-11-34(54)24-37(36)55/h5-10,13,21-23,27,36,48H,11-12,14-20,24,26H2,1-4H3,(H,49,56). The molecule has 0 bridgehead atoms. The highest BCUT2D eigenvalue weighted by molar-refractivity contribution is 7.81. The van der Waals surface area contributed by atoms with Crippen LogP contribution in [0.2, 0.25) is 0 Å². The lowest BCUT2D eigenvalue weighted by molar-refractivity contribution is -0.138. The van der Waals surface area contributed by atoms with Crippen molar-refractivity contribution < 1.29 is 37.1 Å². The lowest BCUT2D eigenvalue weighted by Gasteiger charge is -2.34. The van der Waals surface area contributed by atoms with Crippen molar-refractivity contribution in [1.82, 2.24) is 9.80 Å². The molecule has 2 amide bonds.